The number of hydrogen-bond acceptors (Lipinski definition) is 5. The zero-order valence-electron chi connectivity index (χ0n) is 12.5. The highest BCUT2D eigenvalue weighted by Crippen LogP contribution is 2.01. The Balaban J connectivity index is 4.18. The smallest absolute Gasteiger partial charge is 0.242 e. The summed E-state index contributed by atoms with van der Waals surface area (Å²) in [5, 5.41) is 18.2. The van der Waals surface area contributed by atoms with Crippen LogP contribution in [-0.2, 0) is 19.2 Å². The van der Waals surface area contributed by atoms with Gasteiger partial charge in [-0.1, -0.05) is 0 Å². The highest BCUT2D eigenvalue weighted by atomic mass is 16.4. The van der Waals surface area contributed by atoms with Crippen molar-refractivity contribution in [3.8, 4) is 0 Å². The molecule has 0 rings (SSSR count). The summed E-state index contributed by atoms with van der Waals surface area (Å²) < 4.78 is 0. The molecule has 2 atom stereocenters. The second-order valence-corrected chi connectivity index (χ2v) is 4.78. The molecule has 0 aromatic rings. The average molecular weight is 300 g/mol. The Morgan fingerprint density at radius 2 is 1.62 bits per heavy atom. The molecule has 0 aromatic heterocycles. The van der Waals surface area contributed by atoms with E-state index >= 15 is 0 Å². The van der Waals surface area contributed by atoms with Gasteiger partial charge >= 0.3 is 0 Å². The van der Waals surface area contributed by atoms with Crippen molar-refractivity contribution in [2.45, 2.75) is 52.1 Å². The largest absolute Gasteiger partial charge is 0.548 e. The molecule has 0 fully saturated rings. The first-order chi connectivity index (χ1) is 9.73. The standard InChI is InChI=1S/C13H23N3O5/c1-8(15-10(3)18)12(19)16-11(13(20)21)6-4-5-7-14-9(2)17/h8,11H,4-7H2,1-3H3,(H,14,17)(H,15,18)(H,16,19)(H,20,21)/p-1/t8-,11-/m0/s1. The molecule has 0 spiro atoms. The second-order valence-electron chi connectivity index (χ2n) is 4.78. The molecular formula is C13H22N3O5-. The fourth-order valence-corrected chi connectivity index (χ4v) is 1.65. The average Bonchev–Trinajstić information content (AvgIpc) is 2.35. The van der Waals surface area contributed by atoms with Crippen LogP contribution in [0.2, 0.25) is 0 Å². The third-order valence-corrected chi connectivity index (χ3v) is 2.71. The summed E-state index contributed by atoms with van der Waals surface area (Å²) in [5.41, 5.74) is 0. The quantitative estimate of drug-likeness (QED) is 0.427. The Kier molecular flexibility index (Phi) is 8.75. The summed E-state index contributed by atoms with van der Waals surface area (Å²) in [7, 11) is 0. The molecule has 8 nitrogen and oxygen atoms in total. The lowest BCUT2D eigenvalue weighted by Crippen LogP contribution is -2.53. The van der Waals surface area contributed by atoms with Gasteiger partial charge in [0.05, 0.1) is 12.0 Å². The summed E-state index contributed by atoms with van der Waals surface area (Å²) in [6.07, 6.45) is 1.30. The van der Waals surface area contributed by atoms with E-state index in [0.717, 1.165) is 0 Å². The molecule has 0 aromatic carbocycles. The lowest BCUT2D eigenvalue weighted by atomic mass is 10.1. The van der Waals surface area contributed by atoms with Crippen LogP contribution in [-0.4, -0.2) is 42.3 Å². The van der Waals surface area contributed by atoms with Crippen molar-refractivity contribution in [2.24, 2.45) is 0 Å². The van der Waals surface area contributed by atoms with Gasteiger partial charge < -0.3 is 25.9 Å². The lowest BCUT2D eigenvalue weighted by molar-refractivity contribution is -0.308. The van der Waals surface area contributed by atoms with E-state index in [4.69, 9.17) is 0 Å². The van der Waals surface area contributed by atoms with E-state index in [1.807, 2.05) is 0 Å². The number of carbonyl (C=O) groups excluding carboxylic acids is 4. The zero-order chi connectivity index (χ0) is 16.4. The summed E-state index contributed by atoms with van der Waals surface area (Å²) in [5.74, 6) is -2.49. The van der Waals surface area contributed by atoms with E-state index in [1.165, 1.54) is 20.8 Å². The summed E-state index contributed by atoms with van der Waals surface area (Å²) in [4.78, 5) is 44.1. The van der Waals surface area contributed by atoms with Crippen molar-refractivity contribution < 1.29 is 24.3 Å². The molecule has 3 N–H and O–H groups in total. The SMILES string of the molecule is CC(=O)NCCCC[C@H](NC(=O)[C@H](C)NC(C)=O)C(=O)[O-]. The van der Waals surface area contributed by atoms with E-state index in [-0.39, 0.29) is 18.2 Å². The molecule has 0 bridgehead atoms. The maximum Gasteiger partial charge on any atom is 0.242 e. The highest BCUT2D eigenvalue weighted by molar-refractivity contribution is 5.89. The van der Waals surface area contributed by atoms with Crippen LogP contribution in [0.5, 0.6) is 0 Å². The van der Waals surface area contributed by atoms with Gasteiger partial charge in [0.25, 0.3) is 0 Å². The van der Waals surface area contributed by atoms with Crippen LogP contribution in [0.3, 0.4) is 0 Å². The molecule has 0 heterocycles. The molecule has 0 aliphatic heterocycles. The van der Waals surface area contributed by atoms with Crippen LogP contribution in [0.1, 0.15) is 40.0 Å². The van der Waals surface area contributed by atoms with Crippen LogP contribution < -0.4 is 21.1 Å². The highest BCUT2D eigenvalue weighted by Gasteiger charge is 2.18. The number of hydrogen-bond donors (Lipinski definition) is 3. The molecule has 3 amide bonds. The van der Waals surface area contributed by atoms with Gasteiger partial charge in [-0.2, -0.15) is 0 Å². The van der Waals surface area contributed by atoms with E-state index in [2.05, 4.69) is 16.0 Å². The van der Waals surface area contributed by atoms with Crippen molar-refractivity contribution in [2.75, 3.05) is 6.54 Å². The maximum atomic E-state index is 11.7. The Hall–Kier alpha value is -2.12. The van der Waals surface area contributed by atoms with Crippen LogP contribution in [0.4, 0.5) is 0 Å². The van der Waals surface area contributed by atoms with Gasteiger partial charge in [0.1, 0.15) is 6.04 Å². The topological polar surface area (TPSA) is 127 Å². The van der Waals surface area contributed by atoms with Gasteiger partial charge in [0, 0.05) is 20.4 Å². The number of amides is 3. The van der Waals surface area contributed by atoms with Crippen molar-refractivity contribution in [1.29, 1.82) is 0 Å². The van der Waals surface area contributed by atoms with E-state index in [0.29, 0.717) is 19.4 Å². The summed E-state index contributed by atoms with van der Waals surface area (Å²) >= 11 is 0. The lowest BCUT2D eigenvalue weighted by Gasteiger charge is -2.22. The van der Waals surface area contributed by atoms with Crippen LogP contribution in [0, 0.1) is 0 Å². The third kappa shape index (κ3) is 9.42. The normalized spacial score (nSPS) is 12.9. The van der Waals surface area contributed by atoms with Crippen LogP contribution >= 0.6 is 0 Å². The van der Waals surface area contributed by atoms with Gasteiger partial charge in [-0.05, 0) is 26.2 Å². The number of unbranched alkanes of at least 4 members (excludes halogenated alkanes) is 1. The Bertz CT molecular complexity index is 397. The fraction of sp³-hybridized carbons (Fsp3) is 0.692. The number of carboxylic acid groups (broad SMARTS) is 1. The molecule has 8 heteroatoms. The number of aliphatic carboxylic acids is 1. The predicted molar refractivity (Wildman–Crippen MR) is 72.8 cm³/mol. The molecular weight excluding hydrogens is 278 g/mol. The minimum absolute atomic E-state index is 0.149. The van der Waals surface area contributed by atoms with E-state index < -0.39 is 24.0 Å². The molecule has 0 unspecified atom stereocenters. The first kappa shape index (κ1) is 18.9. The Morgan fingerprint density at radius 1 is 1.00 bits per heavy atom. The van der Waals surface area contributed by atoms with Gasteiger partial charge in [0.2, 0.25) is 17.7 Å². The number of carbonyl (C=O) groups is 4. The van der Waals surface area contributed by atoms with E-state index in [9.17, 15) is 24.3 Å². The predicted octanol–water partition coefficient (Wildman–Crippen LogP) is -1.95. The van der Waals surface area contributed by atoms with Crippen LogP contribution in [0.15, 0.2) is 0 Å². The first-order valence-electron chi connectivity index (χ1n) is 6.76. The fourth-order valence-electron chi connectivity index (χ4n) is 1.65. The van der Waals surface area contributed by atoms with Gasteiger partial charge in [-0.3, -0.25) is 14.4 Å². The molecule has 21 heavy (non-hydrogen) atoms. The molecule has 0 saturated heterocycles. The van der Waals surface area contributed by atoms with Crippen molar-refractivity contribution in [1.82, 2.24) is 16.0 Å². The van der Waals surface area contributed by atoms with Crippen molar-refractivity contribution in [3.05, 3.63) is 0 Å². The molecule has 0 saturated carbocycles. The van der Waals surface area contributed by atoms with Gasteiger partial charge in [-0.25, -0.2) is 0 Å². The summed E-state index contributed by atoms with van der Waals surface area (Å²) in [6.45, 7) is 4.57. The Morgan fingerprint density at radius 3 is 2.10 bits per heavy atom. The third-order valence-electron chi connectivity index (χ3n) is 2.71. The summed E-state index contributed by atoms with van der Waals surface area (Å²) in [6, 6.07) is -1.94. The zero-order valence-corrected chi connectivity index (χ0v) is 12.5. The first-order valence-corrected chi connectivity index (χ1v) is 6.76. The minimum Gasteiger partial charge on any atom is -0.548 e. The monoisotopic (exact) mass is 300 g/mol. The van der Waals surface area contributed by atoms with Crippen molar-refractivity contribution in [3.63, 3.8) is 0 Å². The van der Waals surface area contributed by atoms with Gasteiger partial charge in [-0.15, -0.1) is 0 Å². The van der Waals surface area contributed by atoms with Crippen LogP contribution in [0.25, 0.3) is 0 Å². The number of rotatable bonds is 9. The Labute approximate surface area is 123 Å². The molecule has 0 aliphatic carbocycles. The number of nitrogens with one attached hydrogen (secondary N) is 3. The maximum absolute atomic E-state index is 11.7. The molecule has 120 valence electrons. The van der Waals surface area contributed by atoms with Crippen molar-refractivity contribution >= 4 is 23.7 Å². The molecule has 0 aliphatic rings. The number of carboxylic acids is 1. The van der Waals surface area contributed by atoms with Gasteiger partial charge in [0.15, 0.2) is 0 Å². The second kappa shape index (κ2) is 9.73. The van der Waals surface area contributed by atoms with E-state index in [1.54, 1.807) is 0 Å². The minimum atomic E-state index is -1.38. The molecule has 0 radical (unpaired) electrons.